The number of carboxylic acids is 1. The summed E-state index contributed by atoms with van der Waals surface area (Å²) in [6, 6.07) is 12.6. The fraction of sp³-hybridized carbons (Fsp3) is 0.222. The lowest BCUT2D eigenvalue weighted by Crippen LogP contribution is -2.39. The lowest BCUT2D eigenvalue weighted by atomic mass is 9.95. The van der Waals surface area contributed by atoms with E-state index in [9.17, 15) is 14.7 Å². The fourth-order valence-corrected chi connectivity index (χ4v) is 2.35. The van der Waals surface area contributed by atoms with E-state index in [1.165, 1.54) is 26.2 Å². The Kier molecular flexibility index (Phi) is 5.08. The van der Waals surface area contributed by atoms with Gasteiger partial charge in [-0.1, -0.05) is 24.3 Å². The summed E-state index contributed by atoms with van der Waals surface area (Å²) in [7, 11) is 1.24. The van der Waals surface area contributed by atoms with E-state index in [4.69, 9.17) is 14.6 Å². The lowest BCUT2D eigenvalue weighted by molar-refractivity contribution is -0.158. The molecule has 2 aromatic carbocycles. The molecule has 24 heavy (non-hydrogen) atoms. The first-order valence-electron chi connectivity index (χ1n) is 7.23. The number of aliphatic carboxylic acids is 1. The summed E-state index contributed by atoms with van der Waals surface area (Å²) < 4.78 is 10.7. The minimum atomic E-state index is -1.49. The molecule has 2 N–H and O–H groups in total. The molecule has 126 valence electrons. The standard InChI is InChI=1S/C18H18O6/c1-18(17(22)23-2,13-6-4-7-14(19)11-13)24-15-8-3-5-12(9-15)10-16(20)21/h3-9,11,19H,10H2,1-2H3,(H,20,21). The average Bonchev–Trinajstić information content (AvgIpc) is 2.53. The second-order valence-electron chi connectivity index (χ2n) is 5.40. The van der Waals surface area contributed by atoms with Crippen molar-refractivity contribution < 1.29 is 29.3 Å². The summed E-state index contributed by atoms with van der Waals surface area (Å²) >= 11 is 0. The van der Waals surface area contributed by atoms with Crippen LogP contribution in [0.5, 0.6) is 11.5 Å². The Morgan fingerprint density at radius 3 is 2.46 bits per heavy atom. The molecule has 0 spiro atoms. The van der Waals surface area contributed by atoms with Gasteiger partial charge in [0.1, 0.15) is 11.5 Å². The van der Waals surface area contributed by atoms with Crippen LogP contribution in [-0.4, -0.2) is 29.3 Å². The molecule has 0 heterocycles. The van der Waals surface area contributed by atoms with E-state index in [2.05, 4.69) is 0 Å². The number of phenols is 1. The molecule has 6 heteroatoms. The molecular formula is C18H18O6. The fourth-order valence-electron chi connectivity index (χ4n) is 2.35. The van der Waals surface area contributed by atoms with Gasteiger partial charge >= 0.3 is 11.9 Å². The average molecular weight is 330 g/mol. The Hall–Kier alpha value is -3.02. The second kappa shape index (κ2) is 7.04. The van der Waals surface area contributed by atoms with Gasteiger partial charge < -0.3 is 19.7 Å². The molecule has 1 atom stereocenters. The van der Waals surface area contributed by atoms with Crippen molar-refractivity contribution >= 4 is 11.9 Å². The smallest absolute Gasteiger partial charge is 0.354 e. The number of phenolic OH excluding ortho intramolecular Hbond substituents is 1. The number of ether oxygens (including phenoxy) is 2. The summed E-state index contributed by atoms with van der Waals surface area (Å²) in [5, 5.41) is 18.5. The van der Waals surface area contributed by atoms with Gasteiger partial charge in [0.05, 0.1) is 13.5 Å². The van der Waals surface area contributed by atoms with Gasteiger partial charge in [0, 0.05) is 5.56 Å². The number of carbonyl (C=O) groups is 2. The lowest BCUT2D eigenvalue weighted by Gasteiger charge is -2.28. The molecule has 0 bridgehead atoms. The molecule has 1 unspecified atom stereocenters. The third-order valence-corrected chi connectivity index (χ3v) is 3.55. The Bertz CT molecular complexity index is 755. The number of hydrogen-bond donors (Lipinski definition) is 2. The van der Waals surface area contributed by atoms with Gasteiger partial charge in [-0.15, -0.1) is 0 Å². The van der Waals surface area contributed by atoms with Crippen molar-refractivity contribution in [2.75, 3.05) is 7.11 Å². The van der Waals surface area contributed by atoms with Gasteiger partial charge in [-0.3, -0.25) is 4.79 Å². The molecule has 0 aliphatic carbocycles. The maximum atomic E-state index is 12.3. The van der Waals surface area contributed by atoms with E-state index < -0.39 is 17.5 Å². The normalized spacial score (nSPS) is 12.9. The van der Waals surface area contributed by atoms with Crippen molar-refractivity contribution in [2.45, 2.75) is 18.9 Å². The van der Waals surface area contributed by atoms with Crippen LogP contribution in [0.4, 0.5) is 0 Å². The SMILES string of the molecule is COC(=O)C(C)(Oc1cccc(CC(=O)O)c1)c1cccc(O)c1. The zero-order valence-electron chi connectivity index (χ0n) is 13.4. The van der Waals surface area contributed by atoms with Gasteiger partial charge in [-0.2, -0.15) is 0 Å². The highest BCUT2D eigenvalue weighted by atomic mass is 16.6. The summed E-state index contributed by atoms with van der Waals surface area (Å²) in [6.45, 7) is 1.53. The quantitative estimate of drug-likeness (QED) is 0.791. The van der Waals surface area contributed by atoms with Crippen LogP contribution >= 0.6 is 0 Å². The van der Waals surface area contributed by atoms with Crippen LogP contribution < -0.4 is 4.74 Å². The summed E-state index contributed by atoms with van der Waals surface area (Å²) in [6.07, 6.45) is -0.155. The molecule has 0 amide bonds. The maximum Gasteiger partial charge on any atom is 0.354 e. The van der Waals surface area contributed by atoms with Crippen LogP contribution in [-0.2, 0) is 26.3 Å². The number of esters is 1. The first kappa shape index (κ1) is 17.3. The van der Waals surface area contributed by atoms with Crippen molar-refractivity contribution in [2.24, 2.45) is 0 Å². The van der Waals surface area contributed by atoms with Gasteiger partial charge in [0.25, 0.3) is 0 Å². The predicted octanol–water partition coefficient (Wildman–Crippen LogP) is 2.49. The second-order valence-corrected chi connectivity index (χ2v) is 5.40. The number of carbonyl (C=O) groups excluding carboxylic acids is 1. The molecule has 2 aromatic rings. The minimum absolute atomic E-state index is 0.00847. The van der Waals surface area contributed by atoms with Crippen LogP contribution in [0.15, 0.2) is 48.5 Å². The van der Waals surface area contributed by atoms with E-state index in [0.717, 1.165) is 0 Å². The molecule has 0 aromatic heterocycles. The summed E-state index contributed by atoms with van der Waals surface area (Å²) in [4.78, 5) is 23.1. The number of aromatic hydroxyl groups is 1. The van der Waals surface area contributed by atoms with Crippen LogP contribution in [0.3, 0.4) is 0 Å². The largest absolute Gasteiger partial charge is 0.508 e. The Morgan fingerprint density at radius 1 is 1.12 bits per heavy atom. The molecule has 0 saturated heterocycles. The predicted molar refractivity (Wildman–Crippen MR) is 85.9 cm³/mol. The van der Waals surface area contributed by atoms with Crippen LogP contribution in [0, 0.1) is 0 Å². The molecule has 2 rings (SSSR count). The third kappa shape index (κ3) is 3.84. The van der Waals surface area contributed by atoms with Crippen LogP contribution in [0.1, 0.15) is 18.1 Å². The highest BCUT2D eigenvalue weighted by Gasteiger charge is 2.39. The number of benzene rings is 2. The Balaban J connectivity index is 2.40. The third-order valence-electron chi connectivity index (χ3n) is 3.55. The van der Waals surface area contributed by atoms with Crippen molar-refractivity contribution in [3.05, 3.63) is 59.7 Å². The maximum absolute atomic E-state index is 12.3. The van der Waals surface area contributed by atoms with Gasteiger partial charge in [0.15, 0.2) is 0 Å². The van der Waals surface area contributed by atoms with Crippen molar-refractivity contribution in [3.8, 4) is 11.5 Å². The molecule has 0 radical (unpaired) electrons. The summed E-state index contributed by atoms with van der Waals surface area (Å²) in [5.74, 6) is -1.29. The van der Waals surface area contributed by atoms with E-state index in [1.54, 1.807) is 36.4 Å². The Morgan fingerprint density at radius 2 is 1.83 bits per heavy atom. The van der Waals surface area contributed by atoms with E-state index in [-0.39, 0.29) is 12.2 Å². The molecule has 0 fully saturated rings. The topological polar surface area (TPSA) is 93.1 Å². The first-order chi connectivity index (χ1) is 11.3. The number of carboxylic acid groups (broad SMARTS) is 1. The van der Waals surface area contributed by atoms with E-state index >= 15 is 0 Å². The number of methoxy groups -OCH3 is 1. The Labute approximate surface area is 139 Å². The highest BCUT2D eigenvalue weighted by Crippen LogP contribution is 2.31. The van der Waals surface area contributed by atoms with Gasteiger partial charge in [0.2, 0.25) is 5.60 Å². The van der Waals surface area contributed by atoms with Gasteiger partial charge in [-0.25, -0.2) is 4.79 Å². The van der Waals surface area contributed by atoms with Crippen molar-refractivity contribution in [1.82, 2.24) is 0 Å². The molecular weight excluding hydrogens is 312 g/mol. The monoisotopic (exact) mass is 330 g/mol. The van der Waals surface area contributed by atoms with E-state index in [0.29, 0.717) is 16.9 Å². The highest BCUT2D eigenvalue weighted by molar-refractivity contribution is 5.81. The van der Waals surface area contributed by atoms with E-state index in [1.807, 2.05) is 0 Å². The molecule has 0 aliphatic heterocycles. The van der Waals surface area contributed by atoms with Crippen LogP contribution in [0.2, 0.25) is 0 Å². The zero-order valence-corrected chi connectivity index (χ0v) is 13.4. The van der Waals surface area contributed by atoms with Gasteiger partial charge in [-0.05, 0) is 36.8 Å². The first-order valence-corrected chi connectivity index (χ1v) is 7.23. The molecule has 6 nitrogen and oxygen atoms in total. The molecule has 0 aliphatic rings. The van der Waals surface area contributed by atoms with Crippen LogP contribution in [0.25, 0.3) is 0 Å². The minimum Gasteiger partial charge on any atom is -0.508 e. The number of rotatable bonds is 6. The molecule has 0 saturated carbocycles. The summed E-state index contributed by atoms with van der Waals surface area (Å²) in [5.41, 5.74) is -0.531. The number of hydrogen-bond acceptors (Lipinski definition) is 5. The zero-order chi connectivity index (χ0) is 17.7. The van der Waals surface area contributed by atoms with Crippen molar-refractivity contribution in [1.29, 1.82) is 0 Å². The van der Waals surface area contributed by atoms with Crippen molar-refractivity contribution in [3.63, 3.8) is 0 Å².